The van der Waals surface area contributed by atoms with E-state index in [4.69, 9.17) is 11.6 Å². The van der Waals surface area contributed by atoms with E-state index in [0.717, 1.165) is 31.5 Å². The number of amidine groups is 1. The largest absolute Gasteiger partial charge is 0.345 e. The van der Waals surface area contributed by atoms with Crippen molar-refractivity contribution in [2.24, 2.45) is 0 Å². The molecule has 0 fully saturated rings. The van der Waals surface area contributed by atoms with Crippen molar-refractivity contribution in [1.82, 2.24) is 4.90 Å². The summed E-state index contributed by atoms with van der Waals surface area (Å²) in [7, 11) is 0. The van der Waals surface area contributed by atoms with E-state index < -0.39 is 0 Å². The molecule has 0 saturated heterocycles. The number of hydrogen-bond donors (Lipinski definition) is 0. The average Bonchev–Trinajstić information content (AvgIpc) is 2.71. The Labute approximate surface area is 183 Å². The van der Waals surface area contributed by atoms with Gasteiger partial charge in [-0.05, 0) is 51.4 Å². The molecule has 0 heterocycles. The van der Waals surface area contributed by atoms with Gasteiger partial charge in [-0.15, -0.1) is 0 Å². The fourth-order valence-corrected chi connectivity index (χ4v) is 4.05. The van der Waals surface area contributed by atoms with Crippen molar-refractivity contribution in [3.8, 4) is 0 Å². The van der Waals surface area contributed by atoms with E-state index >= 15 is 0 Å². The molecule has 0 aromatic carbocycles. The summed E-state index contributed by atoms with van der Waals surface area (Å²) in [6, 6.07) is 0. The minimum atomic E-state index is 1.04. The first-order valence-electron chi connectivity index (χ1n) is 12.7. The molecule has 0 bridgehead atoms. The second-order valence-electron chi connectivity index (χ2n) is 8.49. The lowest BCUT2D eigenvalue weighted by Gasteiger charge is -2.20. The van der Waals surface area contributed by atoms with Crippen molar-refractivity contribution >= 4 is 16.9 Å². The summed E-state index contributed by atoms with van der Waals surface area (Å²) in [5, 5.41) is 1.04. The molecule has 168 valence electrons. The van der Waals surface area contributed by atoms with Gasteiger partial charge < -0.3 is 0 Å². The molecule has 0 unspecified atom stereocenters. The lowest BCUT2D eigenvalue weighted by molar-refractivity contribution is -0.531. The fourth-order valence-electron chi connectivity index (χ4n) is 3.71. The maximum atomic E-state index is 7.03. The number of halogens is 1. The van der Waals surface area contributed by atoms with Crippen molar-refractivity contribution < 1.29 is 4.58 Å². The lowest BCUT2D eigenvalue weighted by Crippen LogP contribution is -2.37. The zero-order valence-electron chi connectivity index (χ0n) is 19.9. The van der Waals surface area contributed by atoms with Gasteiger partial charge >= 0.3 is 5.29 Å². The summed E-state index contributed by atoms with van der Waals surface area (Å²) in [5.74, 6) is 0. The Morgan fingerprint density at radius 3 is 1.25 bits per heavy atom. The molecule has 0 atom stereocenters. The summed E-state index contributed by atoms with van der Waals surface area (Å²) in [6.07, 6.45) is 21.0. The molecule has 0 aliphatic carbocycles. The van der Waals surface area contributed by atoms with E-state index in [2.05, 4.69) is 37.2 Å². The van der Waals surface area contributed by atoms with Crippen LogP contribution in [0.5, 0.6) is 0 Å². The Kier molecular flexibility index (Phi) is 21.3. The second kappa shape index (κ2) is 21.5. The highest BCUT2D eigenvalue weighted by Gasteiger charge is 2.20. The highest BCUT2D eigenvalue weighted by molar-refractivity contribution is 6.63. The van der Waals surface area contributed by atoms with Gasteiger partial charge in [0.1, 0.15) is 0 Å². The molecule has 3 heteroatoms. The smallest absolute Gasteiger partial charge is 0.251 e. The number of hydrogen-bond acceptors (Lipinski definition) is 0. The Bertz CT molecular complexity index is 328. The van der Waals surface area contributed by atoms with E-state index in [1.165, 1.54) is 103 Å². The third-order valence-electron chi connectivity index (χ3n) is 5.65. The second-order valence-corrected chi connectivity index (χ2v) is 8.82. The highest BCUT2D eigenvalue weighted by atomic mass is 35.5. The molecule has 0 N–H and O–H groups in total. The van der Waals surface area contributed by atoms with Gasteiger partial charge in [0, 0.05) is 11.6 Å². The van der Waals surface area contributed by atoms with Gasteiger partial charge in [0.15, 0.2) is 0 Å². The molecule has 2 nitrogen and oxygen atoms in total. The Hall–Kier alpha value is -0.240. The maximum Gasteiger partial charge on any atom is 0.345 e. The molecule has 0 aliphatic heterocycles. The van der Waals surface area contributed by atoms with Crippen LogP contribution >= 0.6 is 11.6 Å². The van der Waals surface area contributed by atoms with Crippen molar-refractivity contribution in [3.63, 3.8) is 0 Å². The molecule has 0 radical (unpaired) electrons. The Balaban J connectivity index is 4.93. The molecule has 0 rings (SSSR count). The molecular formula is C25H52ClN2+. The molecule has 0 spiro atoms. The van der Waals surface area contributed by atoms with Crippen LogP contribution in [0.1, 0.15) is 130 Å². The van der Waals surface area contributed by atoms with Gasteiger partial charge in [-0.3, -0.25) is 9.48 Å². The first-order chi connectivity index (χ1) is 13.7. The monoisotopic (exact) mass is 415 g/mol. The van der Waals surface area contributed by atoms with Crippen LogP contribution in [0, 0.1) is 0 Å². The third kappa shape index (κ3) is 15.7. The molecule has 0 aromatic rings. The van der Waals surface area contributed by atoms with Crippen LogP contribution in [-0.2, 0) is 0 Å². The summed E-state index contributed by atoms with van der Waals surface area (Å²) >= 11 is 7.03. The van der Waals surface area contributed by atoms with Crippen LogP contribution in [0.25, 0.3) is 0 Å². The first-order valence-corrected chi connectivity index (χ1v) is 13.1. The molecule has 0 aliphatic rings. The standard InChI is InChI=1S/C25H52ClN2/c1-5-9-13-17-21-27(22-18-14-10-6-2)25(26)28(23-19-15-11-7-3)24-20-16-12-8-4/h5-24H2,1-4H3/q+1. The normalized spacial score (nSPS) is 11.0. The fraction of sp³-hybridized carbons (Fsp3) is 0.960. The van der Waals surface area contributed by atoms with Gasteiger partial charge in [-0.1, -0.05) is 79.1 Å². The SMILES string of the molecule is CCCCCCN(CCCCCC)C(Cl)=[N+](CCCCCC)CCCCCC. The number of rotatable bonds is 20. The summed E-state index contributed by atoms with van der Waals surface area (Å²) in [5.41, 5.74) is 0. The van der Waals surface area contributed by atoms with Gasteiger partial charge in [0.05, 0.1) is 26.2 Å². The zero-order chi connectivity index (χ0) is 20.9. The van der Waals surface area contributed by atoms with Crippen molar-refractivity contribution in [3.05, 3.63) is 0 Å². The van der Waals surface area contributed by atoms with Crippen LogP contribution in [-0.4, -0.2) is 40.9 Å². The van der Waals surface area contributed by atoms with Crippen LogP contribution in [0.15, 0.2) is 0 Å². The minimum Gasteiger partial charge on any atom is -0.251 e. The minimum absolute atomic E-state index is 1.04. The van der Waals surface area contributed by atoms with E-state index in [0.29, 0.717) is 0 Å². The zero-order valence-corrected chi connectivity index (χ0v) is 20.7. The van der Waals surface area contributed by atoms with Gasteiger partial charge in [-0.25, -0.2) is 0 Å². The van der Waals surface area contributed by atoms with Gasteiger partial charge in [0.2, 0.25) is 0 Å². The molecule has 0 saturated carbocycles. The van der Waals surface area contributed by atoms with Crippen LogP contribution in [0.3, 0.4) is 0 Å². The molecular weight excluding hydrogens is 364 g/mol. The lowest BCUT2D eigenvalue weighted by atomic mass is 10.1. The van der Waals surface area contributed by atoms with Crippen LogP contribution < -0.4 is 0 Å². The Morgan fingerprint density at radius 2 is 0.893 bits per heavy atom. The van der Waals surface area contributed by atoms with E-state index in [-0.39, 0.29) is 0 Å². The van der Waals surface area contributed by atoms with Crippen LogP contribution in [0.4, 0.5) is 0 Å². The predicted octanol–water partition coefficient (Wildman–Crippen LogP) is 8.22. The first kappa shape index (κ1) is 27.8. The highest BCUT2D eigenvalue weighted by Crippen LogP contribution is 2.10. The molecule has 28 heavy (non-hydrogen) atoms. The summed E-state index contributed by atoms with van der Waals surface area (Å²) < 4.78 is 2.51. The van der Waals surface area contributed by atoms with E-state index in [1.54, 1.807) is 0 Å². The Morgan fingerprint density at radius 1 is 0.536 bits per heavy atom. The topological polar surface area (TPSA) is 6.25 Å². The van der Waals surface area contributed by atoms with E-state index in [1.807, 2.05) is 0 Å². The molecule has 0 amide bonds. The third-order valence-corrected chi connectivity index (χ3v) is 6.13. The van der Waals surface area contributed by atoms with Crippen molar-refractivity contribution in [1.29, 1.82) is 0 Å². The van der Waals surface area contributed by atoms with E-state index in [9.17, 15) is 0 Å². The average molecular weight is 416 g/mol. The van der Waals surface area contributed by atoms with Gasteiger partial charge in [0.25, 0.3) is 0 Å². The predicted molar refractivity (Wildman–Crippen MR) is 129 cm³/mol. The van der Waals surface area contributed by atoms with Crippen molar-refractivity contribution in [2.75, 3.05) is 26.2 Å². The molecule has 0 aromatic heterocycles. The quantitative estimate of drug-likeness (QED) is 0.0637. The number of nitrogens with zero attached hydrogens (tertiary/aromatic N) is 2. The van der Waals surface area contributed by atoms with Crippen LogP contribution in [0.2, 0.25) is 0 Å². The van der Waals surface area contributed by atoms with Crippen molar-refractivity contribution in [2.45, 2.75) is 130 Å². The summed E-state index contributed by atoms with van der Waals surface area (Å²) in [4.78, 5) is 2.51. The summed E-state index contributed by atoms with van der Waals surface area (Å²) in [6.45, 7) is 13.7. The number of unbranched alkanes of at least 4 members (excludes halogenated alkanes) is 12. The maximum absolute atomic E-state index is 7.03. The van der Waals surface area contributed by atoms with Gasteiger partial charge in [-0.2, -0.15) is 0 Å².